The number of aliphatic carboxylic acids is 1. The molecule has 0 aromatic heterocycles. The number of amides is 2. The molecule has 38 heavy (non-hydrogen) atoms. The number of hydrogen-bond donors (Lipinski definition) is 1. The summed E-state index contributed by atoms with van der Waals surface area (Å²) in [5.74, 6) is 0.144. The lowest BCUT2D eigenvalue weighted by Crippen LogP contribution is -2.33. The van der Waals surface area contributed by atoms with Crippen LogP contribution in [0, 0.1) is 11.8 Å². The molecule has 2 aromatic carbocycles. The second-order valence-corrected chi connectivity index (χ2v) is 10.6. The molecule has 3 atom stereocenters. The number of rotatable bonds is 12. The smallest absolute Gasteiger partial charge is 0.306 e. The Morgan fingerprint density at radius 2 is 1.82 bits per heavy atom. The number of ether oxygens (including phenoxy) is 2. The first-order chi connectivity index (χ1) is 18.2. The molecule has 2 fully saturated rings. The largest absolute Gasteiger partial charge is 0.493 e. The molecule has 204 valence electrons. The van der Waals surface area contributed by atoms with E-state index in [9.17, 15) is 19.5 Å². The van der Waals surface area contributed by atoms with Crippen LogP contribution in [0.25, 0.3) is 0 Å². The van der Waals surface area contributed by atoms with Gasteiger partial charge < -0.3 is 14.6 Å². The van der Waals surface area contributed by atoms with E-state index in [2.05, 4.69) is 11.8 Å². The van der Waals surface area contributed by atoms with Gasteiger partial charge in [0, 0.05) is 37.0 Å². The van der Waals surface area contributed by atoms with Crippen LogP contribution in [0.2, 0.25) is 5.02 Å². The van der Waals surface area contributed by atoms with Gasteiger partial charge >= 0.3 is 5.97 Å². The standard InChI is InChI=1S/C29H35ClN2O6/c1-19(22-6-8-24(30)9-7-22)31(17-20-3-5-23(15-20)29(35)36)18-21-4-10-25(26(16-21)37-2)38-14-13-32-27(33)11-12-28(32)34/h4,6-10,16,19-20,23H,3,5,11-15,17-18H2,1-2H3,(H,35,36)/t19-,20-,23-/m0/s1. The maximum absolute atomic E-state index is 11.8. The molecular weight excluding hydrogens is 508 g/mol. The molecule has 0 radical (unpaired) electrons. The Morgan fingerprint density at radius 1 is 1.11 bits per heavy atom. The van der Waals surface area contributed by atoms with Gasteiger partial charge in [0.1, 0.15) is 6.61 Å². The number of carbonyl (C=O) groups is 3. The van der Waals surface area contributed by atoms with Crippen molar-refractivity contribution < 1.29 is 29.0 Å². The summed E-state index contributed by atoms with van der Waals surface area (Å²) in [5, 5.41) is 10.1. The molecule has 8 nitrogen and oxygen atoms in total. The summed E-state index contributed by atoms with van der Waals surface area (Å²) in [6, 6.07) is 13.7. The number of hydrogen-bond acceptors (Lipinski definition) is 6. The average molecular weight is 543 g/mol. The fraction of sp³-hybridized carbons (Fsp3) is 0.483. The van der Waals surface area contributed by atoms with Crippen LogP contribution in [0.4, 0.5) is 0 Å². The Bertz CT molecular complexity index is 1140. The van der Waals surface area contributed by atoms with E-state index in [1.54, 1.807) is 7.11 Å². The third-order valence-electron chi connectivity index (χ3n) is 7.62. The van der Waals surface area contributed by atoms with Crippen molar-refractivity contribution in [3.05, 3.63) is 58.6 Å². The van der Waals surface area contributed by atoms with Crippen molar-refractivity contribution in [1.82, 2.24) is 9.80 Å². The highest BCUT2D eigenvalue weighted by molar-refractivity contribution is 6.30. The van der Waals surface area contributed by atoms with Gasteiger partial charge in [-0.3, -0.25) is 24.2 Å². The maximum atomic E-state index is 11.8. The minimum Gasteiger partial charge on any atom is -0.493 e. The van der Waals surface area contributed by atoms with Crippen LogP contribution in [0.15, 0.2) is 42.5 Å². The van der Waals surface area contributed by atoms with Gasteiger partial charge in [-0.05, 0) is 67.5 Å². The first-order valence-electron chi connectivity index (χ1n) is 13.1. The van der Waals surface area contributed by atoms with Crippen LogP contribution < -0.4 is 9.47 Å². The van der Waals surface area contributed by atoms with E-state index in [-0.39, 0.29) is 49.8 Å². The van der Waals surface area contributed by atoms with E-state index < -0.39 is 5.97 Å². The molecule has 1 saturated carbocycles. The molecule has 1 aliphatic carbocycles. The molecule has 1 N–H and O–H groups in total. The van der Waals surface area contributed by atoms with Crippen molar-refractivity contribution in [2.75, 3.05) is 26.8 Å². The van der Waals surface area contributed by atoms with E-state index >= 15 is 0 Å². The molecule has 1 heterocycles. The second kappa shape index (κ2) is 12.6. The SMILES string of the molecule is COc1cc(CN(C[C@H]2CC[C@H](C(=O)O)C2)[C@@H](C)c2ccc(Cl)cc2)ccc1OCCN1C(=O)CCC1=O. The van der Waals surface area contributed by atoms with Crippen molar-refractivity contribution in [3.8, 4) is 11.5 Å². The van der Waals surface area contributed by atoms with Crippen LogP contribution in [-0.2, 0) is 20.9 Å². The molecule has 0 bridgehead atoms. The van der Waals surface area contributed by atoms with Gasteiger partial charge in [-0.1, -0.05) is 29.8 Å². The number of halogens is 1. The topological polar surface area (TPSA) is 96.4 Å². The highest BCUT2D eigenvalue weighted by Crippen LogP contribution is 2.35. The van der Waals surface area contributed by atoms with Gasteiger partial charge in [-0.25, -0.2) is 0 Å². The summed E-state index contributed by atoms with van der Waals surface area (Å²) in [6.45, 7) is 3.99. The van der Waals surface area contributed by atoms with E-state index in [1.807, 2.05) is 42.5 Å². The maximum Gasteiger partial charge on any atom is 0.306 e. The van der Waals surface area contributed by atoms with Crippen molar-refractivity contribution in [2.45, 2.75) is 51.6 Å². The van der Waals surface area contributed by atoms with Gasteiger partial charge in [0.2, 0.25) is 11.8 Å². The molecule has 1 saturated heterocycles. The fourth-order valence-electron chi connectivity index (χ4n) is 5.39. The number of benzene rings is 2. The molecule has 2 aromatic rings. The van der Waals surface area contributed by atoms with Gasteiger partial charge in [-0.15, -0.1) is 0 Å². The predicted octanol–water partition coefficient (Wildman–Crippen LogP) is 4.94. The molecule has 1 aliphatic heterocycles. The first-order valence-corrected chi connectivity index (χ1v) is 13.5. The third-order valence-corrected chi connectivity index (χ3v) is 7.88. The zero-order chi connectivity index (χ0) is 27.2. The summed E-state index contributed by atoms with van der Waals surface area (Å²) < 4.78 is 11.5. The Morgan fingerprint density at radius 3 is 2.45 bits per heavy atom. The number of methoxy groups -OCH3 is 1. The van der Waals surface area contributed by atoms with E-state index in [1.165, 1.54) is 4.90 Å². The lowest BCUT2D eigenvalue weighted by molar-refractivity contribution is -0.142. The molecule has 4 rings (SSSR count). The van der Waals surface area contributed by atoms with Crippen LogP contribution in [0.3, 0.4) is 0 Å². The van der Waals surface area contributed by atoms with Gasteiger partial charge in [0.15, 0.2) is 11.5 Å². The van der Waals surface area contributed by atoms with Gasteiger partial charge in [-0.2, -0.15) is 0 Å². The number of carboxylic acids is 1. The number of carboxylic acid groups (broad SMARTS) is 1. The zero-order valence-electron chi connectivity index (χ0n) is 21.9. The van der Waals surface area contributed by atoms with Crippen LogP contribution in [-0.4, -0.2) is 59.5 Å². The Kier molecular flexibility index (Phi) is 9.28. The summed E-state index contributed by atoms with van der Waals surface area (Å²) in [6.07, 6.45) is 2.84. The Hall–Kier alpha value is -3.10. The predicted molar refractivity (Wildman–Crippen MR) is 143 cm³/mol. The quantitative estimate of drug-likeness (QED) is 0.379. The number of carbonyl (C=O) groups excluding carboxylic acids is 2. The second-order valence-electron chi connectivity index (χ2n) is 10.1. The highest BCUT2D eigenvalue weighted by Gasteiger charge is 2.32. The van der Waals surface area contributed by atoms with Gasteiger partial charge in [0.25, 0.3) is 0 Å². The van der Waals surface area contributed by atoms with Gasteiger partial charge in [0.05, 0.1) is 19.6 Å². The summed E-state index contributed by atoms with van der Waals surface area (Å²) in [4.78, 5) is 38.8. The van der Waals surface area contributed by atoms with Crippen molar-refractivity contribution in [2.24, 2.45) is 11.8 Å². The lowest BCUT2D eigenvalue weighted by Gasteiger charge is -2.32. The first kappa shape index (κ1) is 27.9. The van der Waals surface area contributed by atoms with Crippen LogP contribution in [0.5, 0.6) is 11.5 Å². The number of imide groups is 1. The fourth-order valence-corrected chi connectivity index (χ4v) is 5.52. The number of likely N-dealkylation sites (tertiary alicyclic amines) is 1. The van der Waals surface area contributed by atoms with E-state index in [0.717, 1.165) is 30.5 Å². The third kappa shape index (κ3) is 6.85. The normalized spacial score (nSPS) is 20.3. The van der Waals surface area contributed by atoms with Crippen LogP contribution >= 0.6 is 11.6 Å². The minimum atomic E-state index is -0.705. The molecule has 0 unspecified atom stereocenters. The molecule has 2 aliphatic rings. The lowest BCUT2D eigenvalue weighted by atomic mass is 10.0. The molecule has 0 spiro atoms. The van der Waals surface area contributed by atoms with Crippen molar-refractivity contribution in [1.29, 1.82) is 0 Å². The molecule has 2 amide bonds. The summed E-state index contributed by atoms with van der Waals surface area (Å²) in [7, 11) is 1.58. The summed E-state index contributed by atoms with van der Waals surface area (Å²) in [5.41, 5.74) is 2.17. The van der Waals surface area contributed by atoms with E-state index in [4.69, 9.17) is 21.1 Å². The zero-order valence-corrected chi connectivity index (χ0v) is 22.7. The summed E-state index contributed by atoms with van der Waals surface area (Å²) >= 11 is 6.11. The monoisotopic (exact) mass is 542 g/mol. The Balaban J connectivity index is 1.46. The molecular formula is C29H35ClN2O6. The van der Waals surface area contributed by atoms with Crippen molar-refractivity contribution >= 4 is 29.4 Å². The van der Waals surface area contributed by atoms with Crippen molar-refractivity contribution in [3.63, 3.8) is 0 Å². The minimum absolute atomic E-state index is 0.0913. The average Bonchev–Trinajstić information content (AvgIpc) is 3.51. The highest BCUT2D eigenvalue weighted by atomic mass is 35.5. The molecule has 9 heteroatoms. The van der Waals surface area contributed by atoms with E-state index in [0.29, 0.717) is 35.4 Å². The Labute approximate surface area is 228 Å². The van der Waals surface area contributed by atoms with Crippen LogP contribution in [0.1, 0.15) is 56.2 Å². The number of nitrogens with zero attached hydrogens (tertiary/aromatic N) is 2.